The van der Waals surface area contributed by atoms with Crippen molar-refractivity contribution in [3.8, 4) is 5.69 Å². The van der Waals surface area contributed by atoms with Crippen LogP contribution in [0.4, 0.5) is 0 Å². The molecular weight excluding hydrogens is 334 g/mol. The van der Waals surface area contributed by atoms with E-state index in [2.05, 4.69) is 10.3 Å². The second-order valence-electron chi connectivity index (χ2n) is 4.96. The number of nitrogens with one attached hydrogen (secondary N) is 1. The fourth-order valence-corrected chi connectivity index (χ4v) is 3.08. The molecule has 1 aromatic carbocycles. The fraction of sp³-hybridized carbons (Fsp3) is 0.375. The molecule has 1 aromatic heterocycles. The summed E-state index contributed by atoms with van der Waals surface area (Å²) >= 11 is 7.45. The quantitative estimate of drug-likeness (QED) is 0.585. The predicted octanol–water partition coefficient (Wildman–Crippen LogP) is 3.16. The zero-order valence-corrected chi connectivity index (χ0v) is 14.7. The molecule has 0 bridgehead atoms. The lowest BCUT2D eigenvalue weighted by Gasteiger charge is -2.13. The summed E-state index contributed by atoms with van der Waals surface area (Å²) in [6.45, 7) is 3.12. The molecule has 1 N–H and O–H groups in total. The predicted molar refractivity (Wildman–Crippen MR) is 93.4 cm³/mol. The standard InChI is InChI=1S/C16H20ClN3O2S/c1-12(15(21)18-7-4-10-22-2)23-16-19-8-9-20(16)14-6-3-5-13(17)11-14/h3,5-6,8-9,11-12H,4,7,10H2,1-2H3,(H,18,21). The highest BCUT2D eigenvalue weighted by molar-refractivity contribution is 8.00. The molecule has 5 nitrogen and oxygen atoms in total. The van der Waals surface area contributed by atoms with E-state index in [0.29, 0.717) is 18.2 Å². The van der Waals surface area contributed by atoms with Crippen LogP contribution in [-0.2, 0) is 9.53 Å². The molecular formula is C16H20ClN3O2S. The van der Waals surface area contributed by atoms with Gasteiger partial charge in [0.1, 0.15) is 0 Å². The van der Waals surface area contributed by atoms with Gasteiger partial charge in [-0.25, -0.2) is 4.98 Å². The van der Waals surface area contributed by atoms with Gasteiger partial charge in [-0.05, 0) is 31.5 Å². The maximum atomic E-state index is 12.1. The average molecular weight is 354 g/mol. The number of amides is 1. The molecule has 2 aromatic rings. The van der Waals surface area contributed by atoms with E-state index in [4.69, 9.17) is 16.3 Å². The Morgan fingerprint density at radius 1 is 1.52 bits per heavy atom. The van der Waals surface area contributed by atoms with E-state index < -0.39 is 0 Å². The van der Waals surface area contributed by atoms with Gasteiger partial charge in [0.15, 0.2) is 5.16 Å². The number of halogens is 1. The lowest BCUT2D eigenvalue weighted by Crippen LogP contribution is -2.32. The Hall–Kier alpha value is -1.50. The van der Waals surface area contributed by atoms with E-state index in [1.807, 2.05) is 42.0 Å². The van der Waals surface area contributed by atoms with E-state index in [9.17, 15) is 4.79 Å². The van der Waals surface area contributed by atoms with Crippen LogP contribution >= 0.6 is 23.4 Å². The van der Waals surface area contributed by atoms with Crippen molar-refractivity contribution in [3.05, 3.63) is 41.7 Å². The van der Waals surface area contributed by atoms with Gasteiger partial charge < -0.3 is 10.1 Å². The normalized spacial score (nSPS) is 12.1. The van der Waals surface area contributed by atoms with Crippen molar-refractivity contribution in [2.45, 2.75) is 23.8 Å². The smallest absolute Gasteiger partial charge is 0.233 e. The van der Waals surface area contributed by atoms with Gasteiger partial charge in [0.2, 0.25) is 5.91 Å². The summed E-state index contributed by atoms with van der Waals surface area (Å²) in [5, 5.41) is 4.08. The number of imidazole rings is 1. The second kappa shape index (κ2) is 8.96. The highest BCUT2D eigenvalue weighted by Crippen LogP contribution is 2.25. The van der Waals surface area contributed by atoms with Gasteiger partial charge in [-0.1, -0.05) is 29.4 Å². The van der Waals surface area contributed by atoms with Crippen LogP contribution in [0.15, 0.2) is 41.8 Å². The molecule has 0 saturated carbocycles. The van der Waals surface area contributed by atoms with Gasteiger partial charge in [-0.2, -0.15) is 0 Å². The Balaban J connectivity index is 1.98. The van der Waals surface area contributed by atoms with Gasteiger partial charge >= 0.3 is 0 Å². The molecule has 1 unspecified atom stereocenters. The van der Waals surface area contributed by atoms with Crippen LogP contribution in [0.25, 0.3) is 5.69 Å². The lowest BCUT2D eigenvalue weighted by atomic mass is 10.3. The van der Waals surface area contributed by atoms with Crippen LogP contribution < -0.4 is 5.32 Å². The molecule has 1 amide bonds. The molecule has 0 radical (unpaired) electrons. The number of benzene rings is 1. The highest BCUT2D eigenvalue weighted by atomic mass is 35.5. The Bertz CT molecular complexity index is 648. The molecule has 0 fully saturated rings. The van der Waals surface area contributed by atoms with Crippen molar-refractivity contribution in [2.75, 3.05) is 20.3 Å². The molecule has 0 aliphatic carbocycles. The molecule has 0 saturated heterocycles. The van der Waals surface area contributed by atoms with Crippen LogP contribution in [-0.4, -0.2) is 41.0 Å². The van der Waals surface area contributed by atoms with Gasteiger partial charge in [0.25, 0.3) is 0 Å². The third kappa shape index (κ3) is 5.27. The summed E-state index contributed by atoms with van der Waals surface area (Å²) in [5.41, 5.74) is 0.921. The third-order valence-electron chi connectivity index (χ3n) is 3.17. The van der Waals surface area contributed by atoms with Crippen molar-refractivity contribution in [2.24, 2.45) is 0 Å². The Morgan fingerprint density at radius 3 is 3.09 bits per heavy atom. The van der Waals surface area contributed by atoms with Gasteiger partial charge in [0, 0.05) is 43.4 Å². The third-order valence-corrected chi connectivity index (χ3v) is 4.48. The number of rotatable bonds is 8. The van der Waals surface area contributed by atoms with Crippen molar-refractivity contribution in [3.63, 3.8) is 0 Å². The van der Waals surface area contributed by atoms with Crippen molar-refractivity contribution < 1.29 is 9.53 Å². The molecule has 0 aliphatic rings. The average Bonchev–Trinajstić information content (AvgIpc) is 2.99. The molecule has 0 spiro atoms. The Morgan fingerprint density at radius 2 is 2.35 bits per heavy atom. The maximum absolute atomic E-state index is 12.1. The number of nitrogens with zero attached hydrogens (tertiary/aromatic N) is 2. The van der Waals surface area contributed by atoms with Crippen LogP contribution in [0.2, 0.25) is 5.02 Å². The number of hydrogen-bond acceptors (Lipinski definition) is 4. The zero-order valence-electron chi connectivity index (χ0n) is 13.2. The van der Waals surface area contributed by atoms with Crippen molar-refractivity contribution in [1.29, 1.82) is 0 Å². The number of hydrogen-bond donors (Lipinski definition) is 1. The zero-order chi connectivity index (χ0) is 16.7. The molecule has 1 heterocycles. The minimum Gasteiger partial charge on any atom is -0.385 e. The van der Waals surface area contributed by atoms with Gasteiger partial charge in [-0.3, -0.25) is 9.36 Å². The Kier molecular flexibility index (Phi) is 6.95. The first-order valence-electron chi connectivity index (χ1n) is 7.34. The molecule has 23 heavy (non-hydrogen) atoms. The first-order valence-corrected chi connectivity index (χ1v) is 8.60. The van der Waals surface area contributed by atoms with Crippen LogP contribution in [0.3, 0.4) is 0 Å². The second-order valence-corrected chi connectivity index (χ2v) is 6.70. The topological polar surface area (TPSA) is 56.1 Å². The number of carbonyl (C=O) groups excluding carboxylic acids is 1. The number of ether oxygens (including phenoxy) is 1. The van der Waals surface area contributed by atoms with E-state index in [-0.39, 0.29) is 11.2 Å². The van der Waals surface area contributed by atoms with Crippen molar-refractivity contribution in [1.82, 2.24) is 14.9 Å². The van der Waals surface area contributed by atoms with E-state index >= 15 is 0 Å². The van der Waals surface area contributed by atoms with Crippen LogP contribution in [0.1, 0.15) is 13.3 Å². The fourth-order valence-electron chi connectivity index (χ4n) is 1.98. The van der Waals surface area contributed by atoms with E-state index in [1.54, 1.807) is 13.3 Å². The molecule has 7 heteroatoms. The maximum Gasteiger partial charge on any atom is 0.233 e. The molecule has 2 rings (SSSR count). The monoisotopic (exact) mass is 353 g/mol. The van der Waals surface area contributed by atoms with Gasteiger partial charge in [0.05, 0.1) is 5.25 Å². The largest absolute Gasteiger partial charge is 0.385 e. The van der Waals surface area contributed by atoms with Crippen molar-refractivity contribution >= 4 is 29.3 Å². The summed E-state index contributed by atoms with van der Waals surface area (Å²) in [6, 6.07) is 7.53. The minimum absolute atomic E-state index is 0.00764. The number of methoxy groups -OCH3 is 1. The number of carbonyl (C=O) groups is 1. The SMILES string of the molecule is COCCCNC(=O)C(C)Sc1nccn1-c1cccc(Cl)c1. The van der Waals surface area contributed by atoms with E-state index in [0.717, 1.165) is 17.3 Å². The summed E-state index contributed by atoms with van der Waals surface area (Å²) in [7, 11) is 1.65. The summed E-state index contributed by atoms with van der Waals surface area (Å²) < 4.78 is 6.88. The summed E-state index contributed by atoms with van der Waals surface area (Å²) in [5.74, 6) is -0.00764. The first kappa shape index (κ1) is 17.8. The lowest BCUT2D eigenvalue weighted by molar-refractivity contribution is -0.120. The highest BCUT2D eigenvalue weighted by Gasteiger charge is 2.17. The number of aromatic nitrogens is 2. The molecule has 124 valence electrons. The van der Waals surface area contributed by atoms with E-state index in [1.165, 1.54) is 11.8 Å². The number of thioether (sulfide) groups is 1. The molecule has 0 aliphatic heterocycles. The van der Waals surface area contributed by atoms with Crippen LogP contribution in [0.5, 0.6) is 0 Å². The van der Waals surface area contributed by atoms with Crippen LogP contribution in [0, 0.1) is 0 Å². The Labute approximate surface area is 145 Å². The van der Waals surface area contributed by atoms with Gasteiger partial charge in [-0.15, -0.1) is 0 Å². The minimum atomic E-state index is -0.238. The summed E-state index contributed by atoms with van der Waals surface area (Å²) in [6.07, 6.45) is 4.38. The molecule has 1 atom stereocenters. The first-order chi connectivity index (χ1) is 11.1. The summed E-state index contributed by atoms with van der Waals surface area (Å²) in [4.78, 5) is 16.4.